The Kier molecular flexibility index (Phi) is 29.5. The number of rotatable bonds is 40. The SMILES string of the molecule is CCCCCCCCCCCCCCCCOCC(OC(=O)CCC(=O)NC(CCCCN)C(=O)NC(Cc1cnc[nH]1)C(=O)NC(CCCCN)C(=O)O)C1OC(=O)C(OP(=O)(O)O)=C1O. The van der Waals surface area contributed by atoms with E-state index in [0.29, 0.717) is 44.3 Å². The van der Waals surface area contributed by atoms with Crippen LogP contribution >= 0.6 is 7.82 Å². The van der Waals surface area contributed by atoms with Gasteiger partial charge in [0.25, 0.3) is 5.76 Å². The number of phosphoric ester groups is 1. The molecule has 0 radical (unpaired) electrons. The van der Waals surface area contributed by atoms with E-state index in [1.807, 2.05) is 0 Å². The number of carboxylic acids is 1. The molecular formula is C44H76N7O15P. The van der Waals surface area contributed by atoms with E-state index in [1.165, 1.54) is 70.3 Å². The first-order valence-electron chi connectivity index (χ1n) is 23.8. The van der Waals surface area contributed by atoms with Gasteiger partial charge < -0.3 is 61.3 Å². The largest absolute Gasteiger partial charge is 0.525 e. The van der Waals surface area contributed by atoms with Gasteiger partial charge in [-0.15, -0.1) is 0 Å². The summed E-state index contributed by atoms with van der Waals surface area (Å²) in [6.07, 6.45) is 16.6. The number of amides is 3. The fourth-order valence-electron chi connectivity index (χ4n) is 7.29. The van der Waals surface area contributed by atoms with E-state index in [2.05, 4.69) is 37.4 Å². The minimum absolute atomic E-state index is 0.0881. The zero-order chi connectivity index (χ0) is 49.5. The van der Waals surface area contributed by atoms with Crippen molar-refractivity contribution >= 4 is 43.5 Å². The van der Waals surface area contributed by atoms with E-state index in [9.17, 15) is 53.3 Å². The lowest BCUT2D eigenvalue weighted by Crippen LogP contribution is -2.56. The van der Waals surface area contributed by atoms with Crippen molar-refractivity contribution < 1.29 is 72.1 Å². The smallest absolute Gasteiger partial charge is 0.505 e. The lowest BCUT2D eigenvalue weighted by atomic mass is 10.0. The monoisotopic (exact) mass is 974 g/mol. The van der Waals surface area contributed by atoms with E-state index in [0.717, 1.165) is 25.7 Å². The number of unbranched alkanes of at least 4 members (excludes halogenated alkanes) is 15. The molecule has 12 N–H and O–H groups in total. The molecule has 0 saturated carbocycles. The summed E-state index contributed by atoms with van der Waals surface area (Å²) in [4.78, 5) is 103. The van der Waals surface area contributed by atoms with Crippen molar-refractivity contribution in [3.8, 4) is 0 Å². The van der Waals surface area contributed by atoms with Crippen LogP contribution in [0, 0.1) is 0 Å². The Bertz CT molecular complexity index is 1710. The molecule has 382 valence electrons. The molecule has 0 saturated heterocycles. The topological polar surface area (TPSA) is 354 Å². The number of carboxylic acid groups (broad SMARTS) is 1. The Hall–Kier alpha value is -4.60. The van der Waals surface area contributed by atoms with E-state index < -0.39 is 105 Å². The maximum Gasteiger partial charge on any atom is 0.525 e. The number of esters is 2. The Balaban J connectivity index is 2.03. The van der Waals surface area contributed by atoms with Crippen LogP contribution in [0.15, 0.2) is 24.0 Å². The van der Waals surface area contributed by atoms with Crippen LogP contribution in [0.2, 0.25) is 0 Å². The lowest BCUT2D eigenvalue weighted by Gasteiger charge is -2.25. The van der Waals surface area contributed by atoms with E-state index >= 15 is 0 Å². The Labute approximate surface area is 393 Å². The highest BCUT2D eigenvalue weighted by atomic mass is 31.2. The maximum atomic E-state index is 13.7. The number of aromatic nitrogens is 2. The Morgan fingerprint density at radius 1 is 0.791 bits per heavy atom. The zero-order valence-electron chi connectivity index (χ0n) is 39.0. The van der Waals surface area contributed by atoms with Crippen LogP contribution in [0.5, 0.6) is 0 Å². The highest BCUT2D eigenvalue weighted by Crippen LogP contribution is 2.42. The number of nitrogens with one attached hydrogen (secondary N) is 4. The number of hydrogen-bond donors (Lipinski definition) is 10. The van der Waals surface area contributed by atoms with Crippen molar-refractivity contribution in [2.45, 2.75) is 185 Å². The Morgan fingerprint density at radius 3 is 1.88 bits per heavy atom. The molecule has 2 rings (SSSR count). The summed E-state index contributed by atoms with van der Waals surface area (Å²) in [7, 11) is -5.31. The second kappa shape index (κ2) is 33.8. The molecule has 0 bridgehead atoms. The van der Waals surface area contributed by atoms with Crippen molar-refractivity contribution in [2.24, 2.45) is 11.5 Å². The van der Waals surface area contributed by atoms with Gasteiger partial charge in [-0.2, -0.15) is 0 Å². The molecule has 67 heavy (non-hydrogen) atoms. The zero-order valence-corrected chi connectivity index (χ0v) is 39.9. The molecule has 1 aromatic rings. The molecule has 3 amide bonds. The Morgan fingerprint density at radius 2 is 1.34 bits per heavy atom. The van der Waals surface area contributed by atoms with Crippen LogP contribution in [0.25, 0.3) is 0 Å². The highest BCUT2D eigenvalue weighted by Gasteiger charge is 2.45. The third-order valence-corrected chi connectivity index (χ3v) is 11.4. The minimum Gasteiger partial charge on any atom is -0.505 e. The van der Waals surface area contributed by atoms with Gasteiger partial charge in [0.1, 0.15) is 18.1 Å². The number of aliphatic hydroxyl groups excluding tert-OH is 1. The number of nitrogens with two attached hydrogens (primary N) is 2. The number of H-pyrrole nitrogens is 1. The number of phosphoric acid groups is 1. The number of aromatic amines is 1. The normalized spacial score (nSPS) is 15.6. The molecule has 0 spiro atoms. The summed E-state index contributed by atoms with van der Waals surface area (Å²) in [5.74, 6) is -8.18. The predicted octanol–water partition coefficient (Wildman–Crippen LogP) is 3.74. The number of aliphatic hydroxyl groups is 1. The first kappa shape index (κ1) is 58.5. The molecule has 22 nitrogen and oxygen atoms in total. The highest BCUT2D eigenvalue weighted by molar-refractivity contribution is 7.46. The third kappa shape index (κ3) is 25.4. The average Bonchev–Trinajstić information content (AvgIpc) is 3.89. The quantitative estimate of drug-likeness (QED) is 0.0254. The number of aliphatic carboxylic acids is 1. The lowest BCUT2D eigenvalue weighted by molar-refractivity contribution is -0.167. The van der Waals surface area contributed by atoms with Gasteiger partial charge in [-0.25, -0.2) is 19.1 Å². The predicted molar refractivity (Wildman–Crippen MR) is 244 cm³/mol. The van der Waals surface area contributed by atoms with Crippen molar-refractivity contribution in [3.05, 3.63) is 29.7 Å². The van der Waals surface area contributed by atoms with Gasteiger partial charge in [0.05, 0.1) is 19.4 Å². The summed E-state index contributed by atoms with van der Waals surface area (Å²) in [6, 6.07) is -3.75. The van der Waals surface area contributed by atoms with Crippen LogP contribution in [-0.4, -0.2) is 122 Å². The number of hydrogen-bond acceptors (Lipinski definition) is 15. The molecule has 23 heteroatoms. The number of cyclic esters (lactones) is 1. The molecule has 1 aliphatic rings. The van der Waals surface area contributed by atoms with Gasteiger partial charge in [0, 0.05) is 31.3 Å². The third-order valence-electron chi connectivity index (χ3n) is 11.0. The maximum absolute atomic E-state index is 13.7. The first-order chi connectivity index (χ1) is 32.1. The van der Waals surface area contributed by atoms with Gasteiger partial charge in [0.2, 0.25) is 23.8 Å². The first-order valence-corrected chi connectivity index (χ1v) is 25.3. The van der Waals surface area contributed by atoms with Crippen molar-refractivity contribution in [1.82, 2.24) is 25.9 Å². The molecular weight excluding hydrogens is 897 g/mol. The van der Waals surface area contributed by atoms with Crippen molar-refractivity contribution in [2.75, 3.05) is 26.3 Å². The fraction of sp³-hybridized carbons (Fsp3) is 0.750. The molecule has 0 aromatic carbocycles. The molecule has 1 aliphatic heterocycles. The number of carbonyl (C=O) groups excluding carboxylic acids is 5. The average molecular weight is 974 g/mol. The summed E-state index contributed by atoms with van der Waals surface area (Å²) in [5, 5.41) is 28.1. The van der Waals surface area contributed by atoms with Crippen LogP contribution in [-0.2, 0) is 58.5 Å². The van der Waals surface area contributed by atoms with Crippen LogP contribution < -0.4 is 27.4 Å². The number of nitrogens with zero attached hydrogens (tertiary/aromatic N) is 1. The second-order valence-corrected chi connectivity index (χ2v) is 17.9. The molecule has 2 heterocycles. The summed E-state index contributed by atoms with van der Waals surface area (Å²) in [6.45, 7) is 2.66. The van der Waals surface area contributed by atoms with E-state index in [-0.39, 0.29) is 32.4 Å². The fourth-order valence-corrected chi connectivity index (χ4v) is 7.69. The molecule has 5 unspecified atom stereocenters. The molecule has 0 aliphatic carbocycles. The summed E-state index contributed by atoms with van der Waals surface area (Å²) >= 11 is 0. The van der Waals surface area contributed by atoms with Gasteiger partial charge >= 0.3 is 25.7 Å². The summed E-state index contributed by atoms with van der Waals surface area (Å²) < 4.78 is 32.1. The molecule has 5 atom stereocenters. The number of ether oxygens (including phenoxy) is 3. The van der Waals surface area contributed by atoms with E-state index in [4.69, 9.17) is 25.7 Å². The standard InChI is InChI=1S/C44H76N7O15P/c1-2-3-4-5-6-7-8-9-10-11-12-13-14-19-26-63-29-35(39-38(54)40(44(59)65-39)66-67(60,61)62)64-37(53)23-22-36(52)49-32(20-15-17-24-45)41(55)51-34(27-31-28-47-30-48-31)42(56)50-33(43(57)58)21-16-18-25-46/h28,30,32-35,39,54H,2-27,29,45-46H2,1H3,(H,47,48)(H,49,52)(H,50,56)(H,51,55)(H,57,58)(H2,60,61,62). The molecule has 1 aromatic heterocycles. The van der Waals surface area contributed by atoms with Crippen LogP contribution in [0.3, 0.4) is 0 Å². The number of imidazole rings is 1. The second-order valence-electron chi connectivity index (χ2n) is 16.8. The van der Waals surface area contributed by atoms with Gasteiger partial charge in [-0.3, -0.25) is 29.0 Å². The number of carbonyl (C=O) groups is 6. The van der Waals surface area contributed by atoms with Gasteiger partial charge in [-0.05, 0) is 58.0 Å². The van der Waals surface area contributed by atoms with Crippen molar-refractivity contribution in [1.29, 1.82) is 0 Å². The van der Waals surface area contributed by atoms with Crippen molar-refractivity contribution in [3.63, 3.8) is 0 Å². The molecule has 0 fully saturated rings. The van der Waals surface area contributed by atoms with Crippen LogP contribution in [0.4, 0.5) is 0 Å². The minimum atomic E-state index is -5.31. The van der Waals surface area contributed by atoms with E-state index in [1.54, 1.807) is 0 Å². The summed E-state index contributed by atoms with van der Waals surface area (Å²) in [5.41, 5.74) is 11.7. The van der Waals surface area contributed by atoms with Gasteiger partial charge in [0.15, 0.2) is 11.9 Å². The van der Waals surface area contributed by atoms with Gasteiger partial charge in [-0.1, -0.05) is 90.4 Å². The van der Waals surface area contributed by atoms with Crippen LogP contribution in [0.1, 0.15) is 154 Å².